The number of hydrogen-bond donors (Lipinski definition) is 0. The number of rotatable bonds is 2. The molecular formula is C16H10ClF3N2O. The maximum atomic E-state index is 13.6. The number of nitrogens with zero attached hydrogens (tertiary/aromatic N) is 2. The van der Waals surface area contributed by atoms with Crippen molar-refractivity contribution in [1.82, 2.24) is 9.55 Å². The first-order valence-electron chi connectivity index (χ1n) is 6.78. The highest BCUT2D eigenvalue weighted by atomic mass is 35.5. The van der Waals surface area contributed by atoms with Gasteiger partial charge in [-0.05, 0) is 24.3 Å². The Kier molecular flexibility index (Phi) is 3.85. The molecular weight excluding hydrogens is 329 g/mol. The van der Waals surface area contributed by atoms with E-state index >= 15 is 0 Å². The van der Waals surface area contributed by atoms with Gasteiger partial charge >= 0.3 is 0 Å². The van der Waals surface area contributed by atoms with E-state index in [1.165, 1.54) is 6.07 Å². The van der Waals surface area contributed by atoms with Crippen LogP contribution in [0.15, 0.2) is 35.1 Å². The predicted octanol–water partition coefficient (Wildman–Crippen LogP) is 4.02. The van der Waals surface area contributed by atoms with Crippen molar-refractivity contribution in [3.05, 3.63) is 69.0 Å². The number of halogens is 4. The Hall–Kier alpha value is -2.34. The molecule has 1 heterocycles. The molecule has 0 aliphatic carbocycles. The summed E-state index contributed by atoms with van der Waals surface area (Å²) in [5.41, 5.74) is -0.480. The van der Waals surface area contributed by atoms with Crippen molar-refractivity contribution < 1.29 is 13.2 Å². The lowest BCUT2D eigenvalue weighted by Gasteiger charge is -2.13. The van der Waals surface area contributed by atoms with E-state index in [1.807, 2.05) is 0 Å². The fraction of sp³-hybridized carbons (Fsp3) is 0.125. The van der Waals surface area contributed by atoms with E-state index < -0.39 is 23.0 Å². The molecule has 0 amide bonds. The van der Waals surface area contributed by atoms with Gasteiger partial charge in [0.25, 0.3) is 5.56 Å². The first kappa shape index (κ1) is 15.6. The summed E-state index contributed by atoms with van der Waals surface area (Å²) in [6, 6.07) is 5.16. The molecule has 118 valence electrons. The molecule has 1 aromatic heterocycles. The summed E-state index contributed by atoms with van der Waals surface area (Å²) in [6.45, 7) is 1.74. The van der Waals surface area contributed by atoms with Gasteiger partial charge in [0.2, 0.25) is 0 Å². The van der Waals surface area contributed by atoms with Crippen molar-refractivity contribution in [3.8, 4) is 5.69 Å². The Morgan fingerprint density at radius 3 is 2.39 bits per heavy atom. The molecule has 2 aromatic carbocycles. The highest BCUT2D eigenvalue weighted by Gasteiger charge is 2.17. The van der Waals surface area contributed by atoms with Gasteiger partial charge < -0.3 is 0 Å². The number of fused-ring (bicyclic) bond motifs is 1. The number of hydrogen-bond acceptors (Lipinski definition) is 2. The topological polar surface area (TPSA) is 34.9 Å². The van der Waals surface area contributed by atoms with Gasteiger partial charge in [-0.2, -0.15) is 0 Å². The van der Waals surface area contributed by atoms with Gasteiger partial charge in [-0.25, -0.2) is 18.2 Å². The molecule has 0 aliphatic heterocycles. The highest BCUT2D eigenvalue weighted by molar-refractivity contribution is 6.35. The van der Waals surface area contributed by atoms with E-state index in [4.69, 9.17) is 11.6 Å². The second kappa shape index (κ2) is 5.70. The molecule has 0 fully saturated rings. The molecule has 0 atom stereocenters. The van der Waals surface area contributed by atoms with Crippen molar-refractivity contribution >= 4 is 22.5 Å². The molecule has 3 rings (SSSR count). The second-order valence-electron chi connectivity index (χ2n) is 4.91. The standard InChI is InChI=1S/C16H10ClF3N2O/c1-2-13-21-12-4-3-11(20)15(17)14(12)16(23)22(13)10-6-8(18)5-9(19)7-10/h3-7H,2H2,1H3. The zero-order valence-electron chi connectivity index (χ0n) is 11.9. The molecule has 0 N–H and O–H groups in total. The van der Waals surface area contributed by atoms with Crippen LogP contribution >= 0.6 is 11.6 Å². The summed E-state index contributed by atoms with van der Waals surface area (Å²) in [6.07, 6.45) is 0.332. The Bertz CT molecular complexity index is 965. The number of aryl methyl sites for hydroxylation is 1. The second-order valence-corrected chi connectivity index (χ2v) is 5.28. The third-order valence-electron chi connectivity index (χ3n) is 3.42. The minimum atomic E-state index is -0.834. The van der Waals surface area contributed by atoms with Crippen LogP contribution in [0.1, 0.15) is 12.7 Å². The lowest BCUT2D eigenvalue weighted by molar-refractivity contribution is 0.580. The van der Waals surface area contributed by atoms with Crippen molar-refractivity contribution in [2.45, 2.75) is 13.3 Å². The Labute approximate surface area is 134 Å². The van der Waals surface area contributed by atoms with Gasteiger partial charge in [0, 0.05) is 12.5 Å². The monoisotopic (exact) mass is 338 g/mol. The lowest BCUT2D eigenvalue weighted by atomic mass is 10.2. The van der Waals surface area contributed by atoms with Crippen LogP contribution in [0.5, 0.6) is 0 Å². The van der Waals surface area contributed by atoms with Crippen molar-refractivity contribution in [1.29, 1.82) is 0 Å². The molecule has 23 heavy (non-hydrogen) atoms. The summed E-state index contributed by atoms with van der Waals surface area (Å²) in [7, 11) is 0. The van der Waals surface area contributed by atoms with Crippen molar-refractivity contribution in [2.75, 3.05) is 0 Å². The first-order valence-corrected chi connectivity index (χ1v) is 7.16. The van der Waals surface area contributed by atoms with Crippen LogP contribution in [0.25, 0.3) is 16.6 Å². The van der Waals surface area contributed by atoms with E-state index in [-0.39, 0.29) is 27.4 Å². The summed E-state index contributed by atoms with van der Waals surface area (Å²) in [5, 5.41) is -0.498. The SMILES string of the molecule is CCc1nc2ccc(F)c(Cl)c2c(=O)n1-c1cc(F)cc(F)c1. The van der Waals surface area contributed by atoms with Gasteiger partial charge in [-0.3, -0.25) is 9.36 Å². The fourth-order valence-corrected chi connectivity index (χ4v) is 2.67. The normalized spacial score (nSPS) is 11.2. The van der Waals surface area contributed by atoms with Gasteiger partial charge in [-0.15, -0.1) is 0 Å². The maximum absolute atomic E-state index is 13.6. The van der Waals surface area contributed by atoms with E-state index in [0.29, 0.717) is 12.5 Å². The van der Waals surface area contributed by atoms with Crippen LogP contribution in [-0.2, 0) is 6.42 Å². The van der Waals surface area contributed by atoms with Crippen LogP contribution < -0.4 is 5.56 Å². The molecule has 3 aromatic rings. The van der Waals surface area contributed by atoms with Crippen LogP contribution in [0.2, 0.25) is 5.02 Å². The molecule has 3 nitrogen and oxygen atoms in total. The van der Waals surface area contributed by atoms with Crippen LogP contribution in [-0.4, -0.2) is 9.55 Å². The Morgan fingerprint density at radius 2 is 1.78 bits per heavy atom. The summed E-state index contributed by atoms with van der Waals surface area (Å²) in [4.78, 5) is 17.0. The van der Waals surface area contributed by atoms with Gasteiger partial charge in [-0.1, -0.05) is 18.5 Å². The van der Waals surface area contributed by atoms with Crippen molar-refractivity contribution in [3.63, 3.8) is 0 Å². The van der Waals surface area contributed by atoms with Crippen molar-refractivity contribution in [2.24, 2.45) is 0 Å². The lowest BCUT2D eigenvalue weighted by Crippen LogP contribution is -2.24. The summed E-state index contributed by atoms with van der Waals surface area (Å²) < 4.78 is 41.6. The molecule has 0 aliphatic rings. The summed E-state index contributed by atoms with van der Waals surface area (Å²) >= 11 is 5.87. The maximum Gasteiger partial charge on any atom is 0.267 e. The fourth-order valence-electron chi connectivity index (χ4n) is 2.43. The number of benzene rings is 2. The van der Waals surface area contributed by atoms with Gasteiger partial charge in [0.1, 0.15) is 23.3 Å². The van der Waals surface area contributed by atoms with E-state index in [1.54, 1.807) is 6.92 Å². The largest absolute Gasteiger partial charge is 0.268 e. The highest BCUT2D eigenvalue weighted by Crippen LogP contribution is 2.24. The molecule has 0 unspecified atom stereocenters. The molecule has 0 spiro atoms. The smallest absolute Gasteiger partial charge is 0.267 e. The van der Waals surface area contributed by atoms with Crippen LogP contribution in [0.3, 0.4) is 0 Å². The zero-order chi connectivity index (χ0) is 16.7. The molecule has 7 heteroatoms. The molecule has 0 radical (unpaired) electrons. The average Bonchev–Trinajstić information content (AvgIpc) is 2.49. The van der Waals surface area contributed by atoms with Crippen LogP contribution in [0, 0.1) is 17.5 Å². The third kappa shape index (κ3) is 2.59. The first-order chi connectivity index (χ1) is 10.9. The average molecular weight is 339 g/mol. The van der Waals surface area contributed by atoms with Gasteiger partial charge in [0.15, 0.2) is 0 Å². The minimum Gasteiger partial charge on any atom is -0.268 e. The zero-order valence-corrected chi connectivity index (χ0v) is 12.7. The van der Waals surface area contributed by atoms with Crippen LogP contribution in [0.4, 0.5) is 13.2 Å². The third-order valence-corrected chi connectivity index (χ3v) is 3.79. The Balaban J connectivity index is 2.46. The van der Waals surface area contributed by atoms with E-state index in [2.05, 4.69) is 4.98 Å². The molecule has 0 saturated carbocycles. The predicted molar refractivity (Wildman–Crippen MR) is 81.6 cm³/mol. The molecule has 0 bridgehead atoms. The van der Waals surface area contributed by atoms with E-state index in [0.717, 1.165) is 22.8 Å². The quantitative estimate of drug-likeness (QED) is 0.707. The Morgan fingerprint density at radius 1 is 1.13 bits per heavy atom. The summed E-state index contributed by atoms with van der Waals surface area (Å²) in [5.74, 6) is -2.15. The number of aromatic nitrogens is 2. The van der Waals surface area contributed by atoms with E-state index in [9.17, 15) is 18.0 Å². The minimum absolute atomic E-state index is 0.0286. The molecule has 0 saturated heterocycles. The van der Waals surface area contributed by atoms with Gasteiger partial charge in [0.05, 0.1) is 21.6 Å².